The number of halogens is 2. The smallest absolute Gasteiger partial charge is 0.232 e. The zero-order valence-corrected chi connectivity index (χ0v) is 18.2. The average molecular weight is 446 g/mol. The van der Waals surface area contributed by atoms with Gasteiger partial charge in [0.2, 0.25) is 5.91 Å². The first-order valence-electron chi connectivity index (χ1n) is 9.70. The molecule has 0 aromatic heterocycles. The van der Waals surface area contributed by atoms with E-state index >= 15 is 0 Å². The molecule has 2 aromatic carbocycles. The van der Waals surface area contributed by atoms with E-state index in [4.69, 9.17) is 32.7 Å². The van der Waals surface area contributed by atoms with E-state index in [0.29, 0.717) is 52.1 Å². The fourth-order valence-corrected chi connectivity index (χ4v) is 4.85. The third-order valence-electron chi connectivity index (χ3n) is 5.59. The first-order chi connectivity index (χ1) is 14.4. The Bertz CT molecular complexity index is 1040. The van der Waals surface area contributed by atoms with E-state index in [1.165, 1.54) is 0 Å². The van der Waals surface area contributed by atoms with E-state index in [9.17, 15) is 9.59 Å². The van der Waals surface area contributed by atoms with Gasteiger partial charge in [-0.1, -0.05) is 23.2 Å². The molecule has 1 amide bonds. The highest BCUT2D eigenvalue weighted by Gasteiger charge is 2.41. The van der Waals surface area contributed by atoms with E-state index in [1.54, 1.807) is 49.5 Å². The Labute approximate surface area is 185 Å². The predicted molar refractivity (Wildman–Crippen MR) is 117 cm³/mol. The highest BCUT2D eigenvalue weighted by Crippen LogP contribution is 2.46. The fourth-order valence-electron chi connectivity index (χ4n) is 4.34. The molecule has 0 saturated carbocycles. The van der Waals surface area contributed by atoms with Gasteiger partial charge in [-0.15, -0.1) is 0 Å². The number of amides is 1. The van der Waals surface area contributed by atoms with Gasteiger partial charge in [0.1, 0.15) is 11.5 Å². The number of nitrogens with zero attached hydrogens (tertiary/aromatic N) is 1. The average Bonchev–Trinajstić information content (AvgIpc) is 2.72. The molecule has 0 bridgehead atoms. The van der Waals surface area contributed by atoms with Gasteiger partial charge >= 0.3 is 0 Å². The van der Waals surface area contributed by atoms with Crippen molar-refractivity contribution in [1.82, 2.24) is 0 Å². The van der Waals surface area contributed by atoms with E-state index in [1.807, 2.05) is 6.07 Å². The molecule has 30 heavy (non-hydrogen) atoms. The van der Waals surface area contributed by atoms with Gasteiger partial charge in [-0.05, 0) is 49.2 Å². The van der Waals surface area contributed by atoms with E-state index in [0.717, 1.165) is 11.3 Å². The Morgan fingerprint density at radius 2 is 1.70 bits per heavy atom. The fraction of sp³-hybridized carbons (Fsp3) is 0.304. The normalized spacial score (nSPS) is 19.1. The van der Waals surface area contributed by atoms with E-state index < -0.39 is 5.92 Å². The van der Waals surface area contributed by atoms with E-state index in [2.05, 4.69) is 0 Å². The molecule has 1 unspecified atom stereocenters. The molecule has 0 spiro atoms. The summed E-state index contributed by atoms with van der Waals surface area (Å²) in [6.07, 6.45) is 1.91. The third kappa shape index (κ3) is 3.68. The third-order valence-corrected chi connectivity index (χ3v) is 6.03. The summed E-state index contributed by atoms with van der Waals surface area (Å²) in [7, 11) is 3.16. The van der Waals surface area contributed by atoms with Gasteiger partial charge < -0.3 is 9.47 Å². The van der Waals surface area contributed by atoms with E-state index in [-0.39, 0.29) is 18.1 Å². The Kier molecular flexibility index (Phi) is 5.76. The van der Waals surface area contributed by atoms with Crippen LogP contribution >= 0.6 is 23.2 Å². The summed E-state index contributed by atoms with van der Waals surface area (Å²) in [5.74, 6) is 0.815. The molecule has 1 heterocycles. The molecule has 0 N–H and O–H groups in total. The lowest BCUT2D eigenvalue weighted by Crippen LogP contribution is -2.40. The number of benzene rings is 2. The first-order valence-corrected chi connectivity index (χ1v) is 10.5. The summed E-state index contributed by atoms with van der Waals surface area (Å²) >= 11 is 12.4. The molecule has 1 aliphatic carbocycles. The predicted octanol–water partition coefficient (Wildman–Crippen LogP) is 5.54. The number of allylic oxidation sites excluding steroid dienone is 2. The summed E-state index contributed by atoms with van der Waals surface area (Å²) in [4.78, 5) is 28.0. The quantitative estimate of drug-likeness (QED) is 0.619. The lowest BCUT2D eigenvalue weighted by molar-refractivity contribution is -0.119. The van der Waals surface area contributed by atoms with Crippen LogP contribution in [0.25, 0.3) is 0 Å². The number of anilines is 1. The minimum atomic E-state index is -0.392. The Morgan fingerprint density at radius 3 is 2.37 bits per heavy atom. The minimum absolute atomic E-state index is 0.0525. The van der Waals surface area contributed by atoms with Gasteiger partial charge in [0.25, 0.3) is 0 Å². The van der Waals surface area contributed by atoms with Crippen molar-refractivity contribution in [2.45, 2.75) is 31.6 Å². The second-order valence-corrected chi connectivity index (χ2v) is 8.23. The minimum Gasteiger partial charge on any atom is -0.497 e. The zero-order chi connectivity index (χ0) is 21.4. The second kappa shape index (κ2) is 8.32. The number of carbonyl (C=O) groups excluding carboxylic acids is 2. The van der Waals surface area contributed by atoms with Crippen molar-refractivity contribution in [1.29, 1.82) is 0 Å². The number of Topliss-reactive ketones (excluding diaryl/α,β-unsaturated/α-hetero) is 1. The molecule has 0 radical (unpaired) electrons. The molecular formula is C23H21Cl2NO4. The number of ether oxygens (including phenoxy) is 2. The van der Waals surface area contributed by atoms with Gasteiger partial charge in [-0.2, -0.15) is 0 Å². The molecular weight excluding hydrogens is 425 g/mol. The number of rotatable bonds is 4. The lowest BCUT2D eigenvalue weighted by atomic mass is 9.76. The molecule has 4 rings (SSSR count). The maximum absolute atomic E-state index is 13.3. The van der Waals surface area contributed by atoms with Gasteiger partial charge in [-0.25, -0.2) is 0 Å². The molecule has 0 saturated heterocycles. The zero-order valence-electron chi connectivity index (χ0n) is 16.7. The van der Waals surface area contributed by atoms with Crippen molar-refractivity contribution in [3.8, 4) is 11.5 Å². The first kappa shape index (κ1) is 20.8. The number of methoxy groups -OCH3 is 2. The summed E-state index contributed by atoms with van der Waals surface area (Å²) in [6.45, 7) is 0. The molecule has 2 aromatic rings. The molecule has 7 heteroatoms. The van der Waals surface area contributed by atoms with Crippen LogP contribution in [-0.4, -0.2) is 25.9 Å². The van der Waals surface area contributed by atoms with Crippen LogP contribution in [0.5, 0.6) is 11.5 Å². The monoisotopic (exact) mass is 445 g/mol. The Balaban J connectivity index is 1.90. The maximum Gasteiger partial charge on any atom is 0.232 e. The highest BCUT2D eigenvalue weighted by atomic mass is 35.5. The van der Waals surface area contributed by atoms with Crippen LogP contribution in [0.1, 0.15) is 37.2 Å². The van der Waals surface area contributed by atoms with Gasteiger partial charge in [0.15, 0.2) is 5.78 Å². The topological polar surface area (TPSA) is 55.8 Å². The molecule has 1 aliphatic heterocycles. The second-order valence-electron chi connectivity index (χ2n) is 7.36. The molecule has 1 atom stereocenters. The van der Waals surface area contributed by atoms with Crippen LogP contribution in [0.15, 0.2) is 47.7 Å². The van der Waals surface area contributed by atoms with Crippen LogP contribution in [0, 0.1) is 0 Å². The number of hydrogen-bond acceptors (Lipinski definition) is 4. The lowest BCUT2D eigenvalue weighted by Gasteiger charge is -2.38. The molecule has 2 aliphatic rings. The number of hydrogen-bond donors (Lipinski definition) is 0. The molecule has 0 fully saturated rings. The van der Waals surface area contributed by atoms with Crippen LogP contribution in [0.4, 0.5) is 5.69 Å². The molecule has 156 valence electrons. The highest BCUT2D eigenvalue weighted by molar-refractivity contribution is 6.35. The standard InChI is InChI=1S/C23H21Cl2NO4/c1-29-16-6-7-21(30-2)17(11-16)18-12-22(28)26(15-9-13(24)8-14(25)10-15)19-4-3-5-20(27)23(18)19/h6-11,18H,3-5,12H2,1-2H3. The number of ketones is 1. The van der Waals surface area contributed by atoms with Crippen molar-refractivity contribution in [3.63, 3.8) is 0 Å². The van der Waals surface area contributed by atoms with Crippen LogP contribution in [0.3, 0.4) is 0 Å². The van der Waals surface area contributed by atoms with Crippen LogP contribution in [-0.2, 0) is 9.59 Å². The summed E-state index contributed by atoms with van der Waals surface area (Å²) < 4.78 is 10.9. The Hall–Kier alpha value is -2.50. The summed E-state index contributed by atoms with van der Waals surface area (Å²) in [5.41, 5.74) is 2.73. The van der Waals surface area contributed by atoms with Gasteiger partial charge in [-0.3, -0.25) is 14.5 Å². The van der Waals surface area contributed by atoms with Crippen molar-refractivity contribution in [3.05, 3.63) is 63.3 Å². The largest absolute Gasteiger partial charge is 0.497 e. The number of carbonyl (C=O) groups is 2. The van der Waals surface area contributed by atoms with Crippen molar-refractivity contribution >= 4 is 40.6 Å². The van der Waals surface area contributed by atoms with Gasteiger partial charge in [0.05, 0.1) is 19.9 Å². The van der Waals surface area contributed by atoms with Crippen LogP contribution in [0.2, 0.25) is 10.0 Å². The van der Waals surface area contributed by atoms with Crippen molar-refractivity contribution in [2.24, 2.45) is 0 Å². The molecule has 5 nitrogen and oxygen atoms in total. The van der Waals surface area contributed by atoms with Crippen LogP contribution < -0.4 is 14.4 Å². The summed E-state index contributed by atoms with van der Waals surface area (Å²) in [5, 5.41) is 0.873. The SMILES string of the molecule is COc1ccc(OC)c(C2CC(=O)N(c3cc(Cl)cc(Cl)c3)C3=C2C(=O)CCC3)c1. The Morgan fingerprint density at radius 1 is 0.967 bits per heavy atom. The van der Waals surface area contributed by atoms with Crippen molar-refractivity contribution < 1.29 is 19.1 Å². The van der Waals surface area contributed by atoms with Gasteiger partial charge in [0, 0.05) is 45.6 Å². The maximum atomic E-state index is 13.3. The van der Waals surface area contributed by atoms with Crippen molar-refractivity contribution in [2.75, 3.05) is 19.1 Å². The summed E-state index contributed by atoms with van der Waals surface area (Å²) in [6, 6.07) is 10.4.